The van der Waals surface area contributed by atoms with E-state index in [-0.39, 0.29) is 12.4 Å². The molecule has 1 aliphatic rings. The first-order valence-electron chi connectivity index (χ1n) is 6.45. The van der Waals surface area contributed by atoms with Crippen LogP contribution in [-0.4, -0.2) is 33.3 Å². The van der Waals surface area contributed by atoms with Crippen LogP contribution in [0.2, 0.25) is 0 Å². The van der Waals surface area contributed by atoms with Crippen LogP contribution in [0.25, 0.3) is 5.69 Å². The summed E-state index contributed by atoms with van der Waals surface area (Å²) in [5.41, 5.74) is 2.43. The summed E-state index contributed by atoms with van der Waals surface area (Å²) in [6, 6.07) is 8.37. The fraction of sp³-hybridized carbons (Fsp3) is 0.462. The second-order valence-corrected chi connectivity index (χ2v) is 4.78. The molecule has 0 bridgehead atoms. The normalized spacial score (nSPS) is 16.0. The number of tetrazole rings is 1. The number of para-hydroxylation sites is 1. The molecule has 2 aromatic rings. The van der Waals surface area contributed by atoms with Crippen molar-refractivity contribution in [1.29, 1.82) is 0 Å². The van der Waals surface area contributed by atoms with E-state index in [0.717, 1.165) is 31.1 Å². The molecule has 0 saturated carbocycles. The lowest BCUT2D eigenvalue weighted by Crippen LogP contribution is -2.28. The third kappa shape index (κ3) is 3.30. The molecule has 0 spiro atoms. The Hall–Kier alpha value is -1.46. The molecule has 1 aromatic heterocycles. The minimum atomic E-state index is 0. The second kappa shape index (κ2) is 6.63. The van der Waals surface area contributed by atoms with Crippen LogP contribution in [0.15, 0.2) is 30.6 Å². The largest absolute Gasteiger partial charge is 0.317 e. The van der Waals surface area contributed by atoms with Crippen LogP contribution in [0.1, 0.15) is 18.4 Å². The van der Waals surface area contributed by atoms with Gasteiger partial charge in [0.25, 0.3) is 0 Å². The lowest BCUT2D eigenvalue weighted by atomic mass is 9.90. The third-order valence-electron chi connectivity index (χ3n) is 3.55. The first-order chi connectivity index (χ1) is 8.93. The van der Waals surface area contributed by atoms with Gasteiger partial charge < -0.3 is 5.32 Å². The molecule has 0 aliphatic carbocycles. The minimum Gasteiger partial charge on any atom is -0.317 e. The number of piperidine rings is 1. The average molecular weight is 280 g/mol. The van der Waals surface area contributed by atoms with Crippen molar-refractivity contribution in [3.8, 4) is 5.69 Å². The molecule has 1 aromatic carbocycles. The predicted octanol–water partition coefficient (Wildman–Crippen LogP) is 1.63. The number of nitrogens with zero attached hydrogens (tertiary/aromatic N) is 4. The van der Waals surface area contributed by atoms with Crippen molar-refractivity contribution in [3.05, 3.63) is 36.2 Å². The van der Waals surface area contributed by atoms with Crippen molar-refractivity contribution in [1.82, 2.24) is 25.5 Å². The van der Waals surface area contributed by atoms with Crippen molar-refractivity contribution in [2.45, 2.75) is 19.3 Å². The number of halogens is 1. The first-order valence-corrected chi connectivity index (χ1v) is 6.45. The van der Waals surface area contributed by atoms with E-state index >= 15 is 0 Å². The monoisotopic (exact) mass is 279 g/mol. The van der Waals surface area contributed by atoms with Crippen molar-refractivity contribution >= 4 is 12.4 Å². The summed E-state index contributed by atoms with van der Waals surface area (Å²) in [5.74, 6) is 0.767. The topological polar surface area (TPSA) is 55.6 Å². The van der Waals surface area contributed by atoms with E-state index in [0.29, 0.717) is 0 Å². The number of aromatic nitrogens is 4. The quantitative estimate of drug-likeness (QED) is 0.928. The van der Waals surface area contributed by atoms with E-state index in [1.807, 2.05) is 6.07 Å². The standard InChI is InChI=1S/C13H17N5.ClH/c1-2-4-13(18-10-15-16-17-18)12(3-1)9-11-5-7-14-8-6-11;/h1-4,10-11,14H,5-9H2;1H. The van der Waals surface area contributed by atoms with Crippen LogP contribution in [0.4, 0.5) is 0 Å². The molecule has 0 unspecified atom stereocenters. The molecule has 5 nitrogen and oxygen atoms in total. The van der Waals surface area contributed by atoms with Crippen molar-refractivity contribution in [2.75, 3.05) is 13.1 Å². The maximum atomic E-state index is 3.98. The summed E-state index contributed by atoms with van der Waals surface area (Å²) >= 11 is 0. The van der Waals surface area contributed by atoms with Gasteiger partial charge in [0.1, 0.15) is 6.33 Å². The lowest BCUT2D eigenvalue weighted by Gasteiger charge is -2.23. The van der Waals surface area contributed by atoms with Gasteiger partial charge in [-0.1, -0.05) is 18.2 Å². The van der Waals surface area contributed by atoms with Gasteiger partial charge >= 0.3 is 0 Å². The molecule has 1 aliphatic heterocycles. The second-order valence-electron chi connectivity index (χ2n) is 4.78. The zero-order valence-corrected chi connectivity index (χ0v) is 11.5. The molecule has 19 heavy (non-hydrogen) atoms. The molecule has 102 valence electrons. The van der Waals surface area contributed by atoms with E-state index in [1.165, 1.54) is 18.4 Å². The number of benzene rings is 1. The summed E-state index contributed by atoms with van der Waals surface area (Å²) in [6.07, 6.45) is 5.27. The Morgan fingerprint density at radius 2 is 2.00 bits per heavy atom. The van der Waals surface area contributed by atoms with Gasteiger partial charge in [-0.05, 0) is 60.3 Å². The summed E-state index contributed by atoms with van der Waals surface area (Å²) < 4.78 is 1.75. The molecule has 0 atom stereocenters. The fourth-order valence-corrected chi connectivity index (χ4v) is 2.58. The van der Waals surface area contributed by atoms with Crippen LogP contribution in [0, 0.1) is 5.92 Å². The molecular formula is C13H18ClN5. The fourth-order valence-electron chi connectivity index (χ4n) is 2.58. The van der Waals surface area contributed by atoms with Crippen LogP contribution >= 0.6 is 12.4 Å². The van der Waals surface area contributed by atoms with Gasteiger partial charge in [0.05, 0.1) is 5.69 Å². The minimum absolute atomic E-state index is 0. The maximum Gasteiger partial charge on any atom is 0.143 e. The highest BCUT2D eigenvalue weighted by Crippen LogP contribution is 2.22. The Kier molecular flexibility index (Phi) is 4.87. The highest BCUT2D eigenvalue weighted by Gasteiger charge is 2.15. The van der Waals surface area contributed by atoms with Gasteiger partial charge in [-0.2, -0.15) is 0 Å². The van der Waals surface area contributed by atoms with E-state index in [2.05, 4.69) is 39.0 Å². The number of nitrogens with one attached hydrogen (secondary N) is 1. The summed E-state index contributed by atoms with van der Waals surface area (Å²) in [6.45, 7) is 2.27. The molecule has 1 N–H and O–H groups in total. The highest BCUT2D eigenvalue weighted by atomic mass is 35.5. The Morgan fingerprint density at radius 3 is 2.74 bits per heavy atom. The van der Waals surface area contributed by atoms with Gasteiger partial charge in [0.15, 0.2) is 0 Å². The molecular weight excluding hydrogens is 262 g/mol. The van der Waals surface area contributed by atoms with E-state index in [4.69, 9.17) is 0 Å². The lowest BCUT2D eigenvalue weighted by molar-refractivity contribution is 0.372. The Morgan fingerprint density at radius 1 is 1.21 bits per heavy atom. The molecule has 1 saturated heterocycles. The third-order valence-corrected chi connectivity index (χ3v) is 3.55. The number of hydrogen-bond donors (Lipinski definition) is 1. The van der Waals surface area contributed by atoms with E-state index < -0.39 is 0 Å². The van der Waals surface area contributed by atoms with Gasteiger partial charge in [-0.3, -0.25) is 0 Å². The summed E-state index contributed by atoms with van der Waals surface area (Å²) in [5, 5.41) is 14.8. The van der Waals surface area contributed by atoms with Crippen LogP contribution < -0.4 is 5.32 Å². The zero-order valence-electron chi connectivity index (χ0n) is 10.7. The molecule has 1 fully saturated rings. The Labute approximate surface area is 118 Å². The van der Waals surface area contributed by atoms with Crippen LogP contribution in [0.3, 0.4) is 0 Å². The summed E-state index contributed by atoms with van der Waals surface area (Å²) in [4.78, 5) is 0. The molecule has 0 amide bonds. The number of hydrogen-bond acceptors (Lipinski definition) is 4. The number of rotatable bonds is 3. The van der Waals surface area contributed by atoms with Crippen LogP contribution in [0.5, 0.6) is 0 Å². The summed E-state index contributed by atoms with van der Waals surface area (Å²) in [7, 11) is 0. The van der Waals surface area contributed by atoms with Crippen molar-refractivity contribution in [2.24, 2.45) is 5.92 Å². The smallest absolute Gasteiger partial charge is 0.143 e. The van der Waals surface area contributed by atoms with Gasteiger partial charge in [-0.25, -0.2) is 4.68 Å². The Balaban J connectivity index is 0.00000133. The van der Waals surface area contributed by atoms with Gasteiger partial charge in [0, 0.05) is 0 Å². The van der Waals surface area contributed by atoms with Gasteiger partial charge in [0.2, 0.25) is 0 Å². The zero-order chi connectivity index (χ0) is 12.2. The average Bonchev–Trinajstić information content (AvgIpc) is 2.94. The van der Waals surface area contributed by atoms with Gasteiger partial charge in [-0.15, -0.1) is 17.5 Å². The molecule has 2 heterocycles. The predicted molar refractivity (Wildman–Crippen MR) is 75.7 cm³/mol. The molecule has 0 radical (unpaired) electrons. The first kappa shape index (κ1) is 14.0. The van der Waals surface area contributed by atoms with Crippen molar-refractivity contribution < 1.29 is 0 Å². The van der Waals surface area contributed by atoms with E-state index in [9.17, 15) is 0 Å². The molecule has 3 rings (SSSR count). The van der Waals surface area contributed by atoms with Crippen molar-refractivity contribution in [3.63, 3.8) is 0 Å². The maximum absolute atomic E-state index is 3.98. The molecule has 6 heteroatoms. The highest BCUT2D eigenvalue weighted by molar-refractivity contribution is 5.85. The Bertz CT molecular complexity index is 493. The van der Waals surface area contributed by atoms with E-state index in [1.54, 1.807) is 11.0 Å². The van der Waals surface area contributed by atoms with Crippen LogP contribution in [-0.2, 0) is 6.42 Å². The SMILES string of the molecule is Cl.c1ccc(-n2cnnn2)c(CC2CCNCC2)c1.